The summed E-state index contributed by atoms with van der Waals surface area (Å²) in [6.07, 6.45) is 1.81. The zero-order valence-corrected chi connectivity index (χ0v) is 24.9. The fraction of sp³-hybridized carbons (Fsp3) is 0.419. The van der Waals surface area contributed by atoms with Crippen LogP contribution in [0.2, 0.25) is 0 Å². The summed E-state index contributed by atoms with van der Waals surface area (Å²) in [5.74, 6) is -2.72. The first-order valence-electron chi connectivity index (χ1n) is 14.6. The van der Waals surface area contributed by atoms with E-state index in [2.05, 4.69) is 31.6 Å². The van der Waals surface area contributed by atoms with E-state index in [9.17, 15) is 29.1 Å². The molecule has 2 aromatic carbocycles. The van der Waals surface area contributed by atoms with Crippen molar-refractivity contribution in [2.75, 3.05) is 6.54 Å². The summed E-state index contributed by atoms with van der Waals surface area (Å²) < 4.78 is 0. The van der Waals surface area contributed by atoms with Crippen LogP contribution in [0.1, 0.15) is 37.8 Å². The van der Waals surface area contributed by atoms with E-state index in [-0.39, 0.29) is 31.3 Å². The summed E-state index contributed by atoms with van der Waals surface area (Å²) >= 11 is 0. The summed E-state index contributed by atoms with van der Waals surface area (Å²) in [7, 11) is 0. The summed E-state index contributed by atoms with van der Waals surface area (Å²) in [6.45, 7) is 3.94. The van der Waals surface area contributed by atoms with Crippen molar-refractivity contribution in [1.29, 1.82) is 0 Å². The van der Waals surface area contributed by atoms with Crippen LogP contribution in [0.3, 0.4) is 0 Å². The predicted molar refractivity (Wildman–Crippen MR) is 165 cm³/mol. The monoisotopic (exact) mass is 607 g/mol. The Morgan fingerprint density at radius 3 is 2.11 bits per heavy atom. The van der Waals surface area contributed by atoms with Crippen LogP contribution in [0, 0.1) is 5.92 Å². The molecule has 8 N–H and O–H groups in total. The van der Waals surface area contributed by atoms with Crippen LogP contribution in [0.15, 0.2) is 65.7 Å². The van der Waals surface area contributed by atoms with E-state index in [1.54, 1.807) is 37.3 Å². The highest BCUT2D eigenvalue weighted by Gasteiger charge is 2.36. The highest BCUT2D eigenvalue weighted by molar-refractivity contribution is 5.94. The minimum absolute atomic E-state index is 0.0267. The summed E-state index contributed by atoms with van der Waals surface area (Å²) in [6, 6.07) is 12.1. The van der Waals surface area contributed by atoms with Gasteiger partial charge < -0.3 is 42.2 Å². The summed E-state index contributed by atoms with van der Waals surface area (Å²) in [5, 5.41) is 23.1. The number of aliphatic imine (C=N–C) groups is 1. The molecule has 0 fully saturated rings. The van der Waals surface area contributed by atoms with Crippen LogP contribution < -0.4 is 32.3 Å². The lowest BCUT2D eigenvalue weighted by Gasteiger charge is -2.33. The summed E-state index contributed by atoms with van der Waals surface area (Å²) in [4.78, 5) is 68.0. The number of aliphatic carboxylic acids is 1. The molecule has 6 atom stereocenters. The first-order chi connectivity index (χ1) is 21.1. The number of rotatable bonds is 15. The average molecular weight is 608 g/mol. The Hall–Kier alpha value is -4.94. The Kier molecular flexibility index (Phi) is 12.7. The van der Waals surface area contributed by atoms with Gasteiger partial charge in [-0.1, -0.05) is 80.9 Å². The number of nitrogens with zero attached hydrogens (tertiary/aromatic N) is 1. The Morgan fingerprint density at radius 2 is 1.57 bits per heavy atom. The van der Waals surface area contributed by atoms with Crippen molar-refractivity contribution in [1.82, 2.24) is 26.6 Å². The van der Waals surface area contributed by atoms with E-state index < -0.39 is 54.0 Å². The van der Waals surface area contributed by atoms with Crippen LogP contribution in [-0.2, 0) is 32.0 Å². The number of amides is 4. The second-order valence-corrected chi connectivity index (χ2v) is 10.8. The first-order valence-corrected chi connectivity index (χ1v) is 14.6. The maximum Gasteiger partial charge on any atom is 0.326 e. The zero-order chi connectivity index (χ0) is 32.1. The Morgan fingerprint density at radius 1 is 0.955 bits per heavy atom. The zero-order valence-electron chi connectivity index (χ0n) is 24.9. The molecule has 0 spiro atoms. The van der Waals surface area contributed by atoms with Gasteiger partial charge in [0.05, 0.1) is 12.1 Å². The van der Waals surface area contributed by atoms with Crippen molar-refractivity contribution < 1.29 is 29.1 Å². The first kappa shape index (κ1) is 33.6. The van der Waals surface area contributed by atoms with Gasteiger partial charge in [0.2, 0.25) is 11.8 Å². The standard InChI is InChI=1S/C31H41N7O6/c1-3-19(2)25(27(40)34-22(18-39)16-20-10-6-4-7-11-20)37-28(41)26(23-14-15-33-30(32)35-23)38-31(44)36-24(29(42)43)17-21-12-8-5-9-13-21/h4-13,18-19,22-26H,3,14-17H2,1-2H3,(H,34,40)(H,37,41)(H,42,43)(H3,32,33,35)(H2,36,38,44)/t19-,22?,23-,24-,25-,26-/m0/s1. The van der Waals surface area contributed by atoms with Crippen LogP contribution >= 0.6 is 0 Å². The fourth-order valence-electron chi connectivity index (χ4n) is 4.84. The molecule has 1 aliphatic heterocycles. The maximum absolute atomic E-state index is 13.7. The molecule has 0 saturated heterocycles. The van der Waals surface area contributed by atoms with Gasteiger partial charge in [0.1, 0.15) is 24.4 Å². The molecule has 0 bridgehead atoms. The molecule has 0 radical (unpaired) electrons. The second-order valence-electron chi connectivity index (χ2n) is 10.8. The molecule has 1 heterocycles. The third-order valence-corrected chi connectivity index (χ3v) is 7.50. The van der Waals surface area contributed by atoms with Crippen molar-refractivity contribution in [3.05, 3.63) is 71.8 Å². The van der Waals surface area contributed by atoms with Gasteiger partial charge in [0, 0.05) is 13.0 Å². The third kappa shape index (κ3) is 10.1. The minimum Gasteiger partial charge on any atom is -0.480 e. The van der Waals surface area contributed by atoms with Gasteiger partial charge in [-0.3, -0.25) is 14.6 Å². The van der Waals surface area contributed by atoms with Gasteiger partial charge in [-0.2, -0.15) is 0 Å². The SMILES string of the molecule is CC[C@H](C)[C@H](NC(=O)[C@@H](NC(=O)N[C@@H](Cc1ccccc1)C(=O)O)[C@@H]1CCN=C(N)N1)C(=O)NC(C=O)Cc1ccccc1. The predicted octanol–water partition coefficient (Wildman–Crippen LogP) is 0.484. The number of nitrogens with one attached hydrogen (secondary N) is 5. The molecule has 0 saturated carbocycles. The molecule has 236 valence electrons. The minimum atomic E-state index is -1.27. The molecule has 13 heteroatoms. The van der Waals surface area contributed by atoms with Gasteiger partial charge in [-0.15, -0.1) is 0 Å². The van der Waals surface area contributed by atoms with E-state index in [0.717, 1.165) is 5.56 Å². The lowest BCUT2D eigenvalue weighted by molar-refractivity contribution is -0.139. The fourth-order valence-corrected chi connectivity index (χ4v) is 4.84. The topological polar surface area (TPSA) is 204 Å². The van der Waals surface area contributed by atoms with Gasteiger partial charge >= 0.3 is 12.0 Å². The van der Waals surface area contributed by atoms with Gasteiger partial charge in [0.15, 0.2) is 5.96 Å². The Balaban J connectivity index is 1.76. The number of aldehydes is 1. The highest BCUT2D eigenvalue weighted by Crippen LogP contribution is 2.12. The van der Waals surface area contributed by atoms with Crippen molar-refractivity contribution in [2.45, 2.75) is 69.7 Å². The molecule has 2 aromatic rings. The Bertz CT molecular complexity index is 1310. The maximum atomic E-state index is 13.7. The van der Waals surface area contributed by atoms with Crippen molar-refractivity contribution in [3.63, 3.8) is 0 Å². The number of hydrogen-bond acceptors (Lipinski definition) is 8. The number of benzene rings is 2. The number of carboxylic acid groups (broad SMARTS) is 1. The van der Waals surface area contributed by atoms with Crippen LogP contribution in [0.5, 0.6) is 0 Å². The molecular weight excluding hydrogens is 566 g/mol. The van der Waals surface area contributed by atoms with E-state index in [1.165, 1.54) is 0 Å². The highest BCUT2D eigenvalue weighted by atomic mass is 16.4. The third-order valence-electron chi connectivity index (χ3n) is 7.50. The van der Waals surface area contributed by atoms with Gasteiger partial charge in [0.25, 0.3) is 0 Å². The molecule has 44 heavy (non-hydrogen) atoms. The lowest BCUT2D eigenvalue weighted by Crippen LogP contribution is -2.65. The molecular formula is C31H41N7O6. The quantitative estimate of drug-likeness (QED) is 0.142. The molecule has 1 unspecified atom stereocenters. The Labute approximate surface area is 256 Å². The average Bonchev–Trinajstić information content (AvgIpc) is 3.02. The number of nitrogens with two attached hydrogens (primary N) is 1. The molecule has 3 rings (SSSR count). The van der Waals surface area contributed by atoms with Crippen LogP contribution in [0.4, 0.5) is 4.79 Å². The molecule has 13 nitrogen and oxygen atoms in total. The number of carboxylic acids is 1. The number of urea groups is 1. The van der Waals surface area contributed by atoms with Gasteiger partial charge in [-0.05, 0) is 29.9 Å². The smallest absolute Gasteiger partial charge is 0.326 e. The normalized spacial score (nSPS) is 17.7. The van der Waals surface area contributed by atoms with Crippen molar-refractivity contribution in [3.8, 4) is 0 Å². The molecule has 1 aliphatic rings. The van der Waals surface area contributed by atoms with E-state index in [4.69, 9.17) is 5.73 Å². The number of carbonyl (C=O) groups excluding carboxylic acids is 4. The van der Waals surface area contributed by atoms with Crippen LogP contribution in [-0.4, -0.2) is 77.9 Å². The number of guanidine groups is 1. The lowest BCUT2D eigenvalue weighted by atomic mass is 9.96. The number of carbonyl (C=O) groups is 5. The molecule has 0 aliphatic carbocycles. The largest absolute Gasteiger partial charge is 0.480 e. The molecule has 0 aromatic heterocycles. The van der Waals surface area contributed by atoms with Crippen molar-refractivity contribution >= 4 is 36.1 Å². The van der Waals surface area contributed by atoms with Crippen molar-refractivity contribution in [2.24, 2.45) is 16.6 Å². The van der Waals surface area contributed by atoms with Gasteiger partial charge in [-0.25, -0.2) is 9.59 Å². The van der Waals surface area contributed by atoms with E-state index >= 15 is 0 Å². The van der Waals surface area contributed by atoms with E-state index in [1.807, 2.05) is 37.3 Å². The number of hydrogen-bond donors (Lipinski definition) is 7. The summed E-state index contributed by atoms with van der Waals surface area (Å²) in [5.41, 5.74) is 7.42. The molecule has 4 amide bonds. The second kappa shape index (κ2) is 16.6. The van der Waals surface area contributed by atoms with Crippen LogP contribution in [0.25, 0.3) is 0 Å². The van der Waals surface area contributed by atoms with E-state index in [0.29, 0.717) is 24.7 Å².